The molecule has 2 aromatic carbocycles. The fourth-order valence-corrected chi connectivity index (χ4v) is 2.89. The number of carbonyl (C=O) groups is 2. The summed E-state index contributed by atoms with van der Waals surface area (Å²) in [6.45, 7) is 1.70. The van der Waals surface area contributed by atoms with Crippen LogP contribution in [0.25, 0.3) is 0 Å². The first kappa shape index (κ1) is 17.5. The van der Waals surface area contributed by atoms with Crippen LogP contribution in [0.15, 0.2) is 48.5 Å². The molecule has 5 nitrogen and oxygen atoms in total. The topological polar surface area (TPSA) is 70.2 Å². The van der Waals surface area contributed by atoms with E-state index in [-0.39, 0.29) is 17.7 Å². The fraction of sp³-hybridized carbons (Fsp3) is 0.263. The molecular weight excluding hydrogens is 338 g/mol. The van der Waals surface area contributed by atoms with Crippen LogP contribution in [0.4, 0.5) is 11.4 Å². The maximum Gasteiger partial charge on any atom is 0.255 e. The molecule has 0 saturated carbocycles. The Hall–Kier alpha value is -2.37. The van der Waals surface area contributed by atoms with Gasteiger partial charge in [-0.15, -0.1) is 0 Å². The molecule has 0 aliphatic carbocycles. The number of amides is 2. The van der Waals surface area contributed by atoms with E-state index >= 15 is 0 Å². The van der Waals surface area contributed by atoms with E-state index < -0.39 is 0 Å². The standard InChI is InChI=1S/C19H20ClN3O2/c20-15-5-3-13(4-6-15)18(24)22-16-7-9-17(10-8-16)23-19(25)14-2-1-11-21-12-14/h3-10,14,21H,1-2,11-12H2,(H,22,24)(H,23,25). The van der Waals surface area contributed by atoms with Gasteiger partial charge >= 0.3 is 0 Å². The van der Waals surface area contributed by atoms with Gasteiger partial charge in [0.05, 0.1) is 5.92 Å². The highest BCUT2D eigenvalue weighted by Gasteiger charge is 2.20. The van der Waals surface area contributed by atoms with E-state index in [4.69, 9.17) is 11.6 Å². The van der Waals surface area contributed by atoms with Gasteiger partial charge in [-0.25, -0.2) is 0 Å². The third-order valence-corrected chi connectivity index (χ3v) is 4.44. The van der Waals surface area contributed by atoms with Crippen molar-refractivity contribution in [2.75, 3.05) is 23.7 Å². The monoisotopic (exact) mass is 357 g/mol. The lowest BCUT2D eigenvalue weighted by atomic mass is 9.99. The number of piperidine rings is 1. The second-order valence-corrected chi connectivity index (χ2v) is 6.51. The summed E-state index contributed by atoms with van der Waals surface area (Å²) in [6, 6.07) is 13.8. The molecule has 1 atom stereocenters. The van der Waals surface area contributed by atoms with Gasteiger partial charge in [0.15, 0.2) is 0 Å². The average molecular weight is 358 g/mol. The van der Waals surface area contributed by atoms with Crippen LogP contribution in [0.1, 0.15) is 23.2 Å². The minimum Gasteiger partial charge on any atom is -0.326 e. The molecule has 3 rings (SSSR count). The van der Waals surface area contributed by atoms with Crippen molar-refractivity contribution in [3.63, 3.8) is 0 Å². The van der Waals surface area contributed by atoms with E-state index in [9.17, 15) is 9.59 Å². The van der Waals surface area contributed by atoms with Gasteiger partial charge in [0, 0.05) is 28.5 Å². The highest BCUT2D eigenvalue weighted by atomic mass is 35.5. The number of nitrogens with one attached hydrogen (secondary N) is 3. The molecule has 2 aromatic rings. The first-order chi connectivity index (χ1) is 12.1. The number of halogens is 1. The minimum atomic E-state index is -0.207. The highest BCUT2D eigenvalue weighted by molar-refractivity contribution is 6.30. The largest absolute Gasteiger partial charge is 0.326 e. The lowest BCUT2D eigenvalue weighted by molar-refractivity contribution is -0.120. The van der Waals surface area contributed by atoms with E-state index in [1.54, 1.807) is 48.5 Å². The fourth-order valence-electron chi connectivity index (χ4n) is 2.76. The van der Waals surface area contributed by atoms with Crippen molar-refractivity contribution in [1.29, 1.82) is 0 Å². The molecule has 0 aromatic heterocycles. The zero-order chi connectivity index (χ0) is 17.6. The van der Waals surface area contributed by atoms with Crippen molar-refractivity contribution in [3.8, 4) is 0 Å². The zero-order valence-corrected chi connectivity index (χ0v) is 14.5. The second kappa shape index (κ2) is 8.14. The summed E-state index contributed by atoms with van der Waals surface area (Å²) >= 11 is 5.82. The molecule has 0 spiro atoms. The number of anilines is 2. The molecule has 3 N–H and O–H groups in total. The van der Waals surface area contributed by atoms with Crippen LogP contribution in [-0.4, -0.2) is 24.9 Å². The number of hydrogen-bond acceptors (Lipinski definition) is 3. The molecule has 2 amide bonds. The number of rotatable bonds is 4. The summed E-state index contributed by atoms with van der Waals surface area (Å²) in [6.07, 6.45) is 1.93. The predicted octanol–water partition coefficient (Wildman–Crippen LogP) is 3.53. The second-order valence-electron chi connectivity index (χ2n) is 6.07. The maximum atomic E-state index is 12.2. The summed E-state index contributed by atoms with van der Waals surface area (Å²) in [4.78, 5) is 24.4. The summed E-state index contributed by atoms with van der Waals surface area (Å²) in [7, 11) is 0. The first-order valence-corrected chi connectivity index (χ1v) is 8.68. The van der Waals surface area contributed by atoms with Crippen LogP contribution in [-0.2, 0) is 4.79 Å². The van der Waals surface area contributed by atoms with Crippen LogP contribution in [0, 0.1) is 5.92 Å². The van der Waals surface area contributed by atoms with E-state index in [2.05, 4.69) is 16.0 Å². The molecule has 1 heterocycles. The van der Waals surface area contributed by atoms with Crippen LogP contribution in [0.2, 0.25) is 5.02 Å². The van der Waals surface area contributed by atoms with Gasteiger partial charge in [0.1, 0.15) is 0 Å². The first-order valence-electron chi connectivity index (χ1n) is 8.30. The summed E-state index contributed by atoms with van der Waals surface area (Å²) in [5.74, 6) is -0.162. The Balaban J connectivity index is 1.57. The van der Waals surface area contributed by atoms with E-state index in [0.29, 0.717) is 16.3 Å². The molecule has 0 bridgehead atoms. The molecule has 25 heavy (non-hydrogen) atoms. The molecule has 0 radical (unpaired) electrons. The molecule has 1 aliphatic rings. The Morgan fingerprint density at radius 2 is 1.60 bits per heavy atom. The Labute approximate surface area is 151 Å². The lowest BCUT2D eigenvalue weighted by Gasteiger charge is -2.21. The van der Waals surface area contributed by atoms with Gasteiger partial charge in [-0.3, -0.25) is 9.59 Å². The predicted molar refractivity (Wildman–Crippen MR) is 100 cm³/mol. The molecule has 1 fully saturated rings. The van der Waals surface area contributed by atoms with Crippen molar-refractivity contribution in [2.24, 2.45) is 5.92 Å². The van der Waals surface area contributed by atoms with Crippen LogP contribution in [0.5, 0.6) is 0 Å². The van der Waals surface area contributed by atoms with Gasteiger partial charge in [-0.2, -0.15) is 0 Å². The van der Waals surface area contributed by atoms with Crippen molar-refractivity contribution >= 4 is 34.8 Å². The molecule has 6 heteroatoms. The van der Waals surface area contributed by atoms with E-state index in [1.165, 1.54) is 0 Å². The number of hydrogen-bond donors (Lipinski definition) is 3. The normalized spacial score (nSPS) is 16.9. The van der Waals surface area contributed by atoms with Crippen LogP contribution >= 0.6 is 11.6 Å². The van der Waals surface area contributed by atoms with Gasteiger partial charge in [-0.1, -0.05) is 11.6 Å². The minimum absolute atomic E-state index is 0.0121. The quantitative estimate of drug-likeness (QED) is 0.784. The van der Waals surface area contributed by atoms with Crippen molar-refractivity contribution in [1.82, 2.24) is 5.32 Å². The Morgan fingerprint density at radius 3 is 2.20 bits per heavy atom. The smallest absolute Gasteiger partial charge is 0.255 e. The van der Waals surface area contributed by atoms with Crippen molar-refractivity contribution in [3.05, 3.63) is 59.1 Å². The lowest BCUT2D eigenvalue weighted by Crippen LogP contribution is -2.37. The molecular formula is C19H20ClN3O2. The molecule has 1 unspecified atom stereocenters. The molecule has 1 aliphatic heterocycles. The average Bonchev–Trinajstić information content (AvgIpc) is 2.64. The highest BCUT2D eigenvalue weighted by Crippen LogP contribution is 2.18. The summed E-state index contributed by atoms with van der Waals surface area (Å²) in [5.41, 5.74) is 1.92. The summed E-state index contributed by atoms with van der Waals surface area (Å²) < 4.78 is 0. The Kier molecular flexibility index (Phi) is 5.68. The van der Waals surface area contributed by atoms with Gasteiger partial charge in [0.25, 0.3) is 5.91 Å². The van der Waals surface area contributed by atoms with Gasteiger partial charge < -0.3 is 16.0 Å². The summed E-state index contributed by atoms with van der Waals surface area (Å²) in [5, 5.41) is 9.56. The number of carbonyl (C=O) groups excluding carboxylic acids is 2. The Bertz CT molecular complexity index is 738. The van der Waals surface area contributed by atoms with Crippen molar-refractivity contribution < 1.29 is 9.59 Å². The molecule has 130 valence electrons. The van der Waals surface area contributed by atoms with E-state index in [0.717, 1.165) is 31.6 Å². The van der Waals surface area contributed by atoms with E-state index in [1.807, 2.05) is 0 Å². The van der Waals surface area contributed by atoms with Gasteiger partial charge in [0.2, 0.25) is 5.91 Å². The van der Waals surface area contributed by atoms with Crippen LogP contribution < -0.4 is 16.0 Å². The maximum absolute atomic E-state index is 12.2. The van der Waals surface area contributed by atoms with Crippen molar-refractivity contribution in [2.45, 2.75) is 12.8 Å². The zero-order valence-electron chi connectivity index (χ0n) is 13.7. The third-order valence-electron chi connectivity index (χ3n) is 4.18. The van der Waals surface area contributed by atoms with Crippen LogP contribution in [0.3, 0.4) is 0 Å². The number of benzene rings is 2. The third kappa shape index (κ3) is 4.81. The Morgan fingerprint density at radius 1 is 0.960 bits per heavy atom. The molecule has 1 saturated heterocycles. The SMILES string of the molecule is O=C(Nc1ccc(NC(=O)C2CCCNC2)cc1)c1ccc(Cl)cc1. The van der Waals surface area contributed by atoms with Gasteiger partial charge in [-0.05, 0) is 67.9 Å².